The van der Waals surface area contributed by atoms with Crippen molar-refractivity contribution in [3.63, 3.8) is 0 Å². The van der Waals surface area contributed by atoms with Gasteiger partial charge in [-0.05, 0) is 24.6 Å². The third-order valence-electron chi connectivity index (χ3n) is 2.10. The van der Waals surface area contributed by atoms with Crippen LogP contribution in [-0.2, 0) is 4.79 Å². The van der Waals surface area contributed by atoms with Crippen LogP contribution in [0.5, 0.6) is 0 Å². The number of nitrogens with one attached hydrogen (secondary N) is 2. The number of carboxylic acids is 1. The molecule has 3 N–H and O–H groups in total. The van der Waals surface area contributed by atoms with Crippen LogP contribution in [0.3, 0.4) is 0 Å². The number of hydrogen-bond donors (Lipinski definition) is 3. The number of aliphatic carboxylic acids is 1. The van der Waals surface area contributed by atoms with Crippen molar-refractivity contribution in [2.45, 2.75) is 13.0 Å². The molecule has 0 bridgehead atoms. The third-order valence-corrected chi connectivity index (χ3v) is 2.33. The Morgan fingerprint density at radius 2 is 2.18 bits per heavy atom. The van der Waals surface area contributed by atoms with Crippen LogP contribution in [-0.4, -0.2) is 23.7 Å². The van der Waals surface area contributed by atoms with Crippen molar-refractivity contribution < 1.29 is 14.7 Å². The maximum atomic E-state index is 11.3. The van der Waals surface area contributed by atoms with Gasteiger partial charge in [-0.2, -0.15) is 0 Å². The first-order chi connectivity index (χ1) is 7.99. The van der Waals surface area contributed by atoms with Crippen molar-refractivity contribution in [2.75, 3.05) is 6.54 Å². The molecule has 2 amide bonds. The molecule has 1 rings (SSSR count). The Morgan fingerprint density at radius 1 is 1.47 bits per heavy atom. The molecular formula is C11H13ClN2O3. The van der Waals surface area contributed by atoms with Gasteiger partial charge >= 0.3 is 12.0 Å². The molecule has 92 valence electrons. The summed E-state index contributed by atoms with van der Waals surface area (Å²) in [5, 5.41) is 13.8. The van der Waals surface area contributed by atoms with Crippen molar-refractivity contribution in [2.24, 2.45) is 0 Å². The summed E-state index contributed by atoms with van der Waals surface area (Å²) in [6.45, 7) is 1.38. The quantitative estimate of drug-likeness (QED) is 0.768. The van der Waals surface area contributed by atoms with Crippen molar-refractivity contribution in [3.8, 4) is 0 Å². The lowest BCUT2D eigenvalue weighted by atomic mass is 10.1. The lowest BCUT2D eigenvalue weighted by Gasteiger charge is -2.14. The predicted molar refractivity (Wildman–Crippen MR) is 64.0 cm³/mol. The molecule has 0 aliphatic heterocycles. The monoisotopic (exact) mass is 256 g/mol. The van der Waals surface area contributed by atoms with Crippen LogP contribution in [0, 0.1) is 0 Å². The highest BCUT2D eigenvalue weighted by Gasteiger charge is 2.10. The van der Waals surface area contributed by atoms with E-state index in [1.807, 2.05) is 6.07 Å². The number of carbonyl (C=O) groups excluding carboxylic acids is 1. The van der Waals surface area contributed by atoms with Gasteiger partial charge in [0.2, 0.25) is 0 Å². The molecule has 0 aliphatic carbocycles. The van der Waals surface area contributed by atoms with Gasteiger partial charge in [-0.25, -0.2) is 4.79 Å². The van der Waals surface area contributed by atoms with Gasteiger partial charge < -0.3 is 15.7 Å². The first-order valence-corrected chi connectivity index (χ1v) is 5.38. The van der Waals surface area contributed by atoms with Gasteiger partial charge in [0.15, 0.2) is 0 Å². The van der Waals surface area contributed by atoms with E-state index >= 15 is 0 Å². The molecule has 5 nitrogen and oxygen atoms in total. The summed E-state index contributed by atoms with van der Waals surface area (Å²) in [6, 6.07) is 6.31. The Balaban J connectivity index is 2.51. The maximum absolute atomic E-state index is 11.3. The summed E-state index contributed by atoms with van der Waals surface area (Å²) in [7, 11) is 0. The van der Waals surface area contributed by atoms with Gasteiger partial charge in [0.05, 0.1) is 6.04 Å². The van der Waals surface area contributed by atoms with Crippen LogP contribution in [0.4, 0.5) is 4.79 Å². The van der Waals surface area contributed by atoms with Crippen LogP contribution in [0.1, 0.15) is 18.5 Å². The van der Waals surface area contributed by atoms with Gasteiger partial charge in [0.1, 0.15) is 6.54 Å². The van der Waals surface area contributed by atoms with Crippen LogP contribution < -0.4 is 10.6 Å². The first-order valence-electron chi connectivity index (χ1n) is 5.00. The summed E-state index contributed by atoms with van der Waals surface area (Å²) in [4.78, 5) is 21.5. The molecular weight excluding hydrogens is 244 g/mol. The van der Waals surface area contributed by atoms with Crippen LogP contribution in [0.2, 0.25) is 5.02 Å². The number of hydrogen-bond acceptors (Lipinski definition) is 2. The molecule has 1 aromatic carbocycles. The second kappa shape index (κ2) is 6.10. The largest absolute Gasteiger partial charge is 0.480 e. The van der Waals surface area contributed by atoms with Crippen molar-refractivity contribution in [1.29, 1.82) is 0 Å². The number of urea groups is 1. The molecule has 0 saturated carbocycles. The van der Waals surface area contributed by atoms with Crippen LogP contribution in [0.25, 0.3) is 0 Å². The zero-order chi connectivity index (χ0) is 12.8. The maximum Gasteiger partial charge on any atom is 0.323 e. The highest BCUT2D eigenvalue weighted by Crippen LogP contribution is 2.16. The summed E-state index contributed by atoms with van der Waals surface area (Å²) >= 11 is 5.82. The minimum absolute atomic E-state index is 0.248. The Bertz CT molecular complexity index is 423. The average Bonchev–Trinajstić information content (AvgIpc) is 2.26. The molecule has 1 unspecified atom stereocenters. The molecule has 0 spiro atoms. The molecule has 0 fully saturated rings. The van der Waals surface area contributed by atoms with Crippen molar-refractivity contribution >= 4 is 23.6 Å². The number of benzene rings is 1. The number of amides is 2. The highest BCUT2D eigenvalue weighted by molar-refractivity contribution is 6.30. The van der Waals surface area contributed by atoms with Crippen LogP contribution >= 0.6 is 11.6 Å². The molecule has 0 heterocycles. The van der Waals surface area contributed by atoms with E-state index in [0.29, 0.717) is 5.02 Å². The SMILES string of the molecule is CC(NC(=O)NCC(=O)O)c1cccc(Cl)c1. The lowest BCUT2D eigenvalue weighted by molar-refractivity contribution is -0.135. The summed E-state index contributed by atoms with van der Waals surface area (Å²) < 4.78 is 0. The van der Waals surface area contributed by atoms with E-state index in [1.54, 1.807) is 25.1 Å². The second-order valence-electron chi connectivity index (χ2n) is 3.50. The van der Waals surface area contributed by atoms with E-state index in [-0.39, 0.29) is 6.04 Å². The molecule has 1 atom stereocenters. The van der Waals surface area contributed by atoms with Gasteiger partial charge in [-0.15, -0.1) is 0 Å². The normalized spacial score (nSPS) is 11.6. The predicted octanol–water partition coefficient (Wildman–Crippen LogP) is 1.78. The number of carboxylic acid groups (broad SMARTS) is 1. The van der Waals surface area contributed by atoms with Crippen molar-refractivity contribution in [1.82, 2.24) is 10.6 Å². The fraction of sp³-hybridized carbons (Fsp3) is 0.273. The highest BCUT2D eigenvalue weighted by atomic mass is 35.5. The summed E-state index contributed by atoms with van der Waals surface area (Å²) in [5.74, 6) is -1.09. The zero-order valence-electron chi connectivity index (χ0n) is 9.24. The Labute approximate surface area is 104 Å². The average molecular weight is 257 g/mol. The molecule has 17 heavy (non-hydrogen) atoms. The second-order valence-corrected chi connectivity index (χ2v) is 3.93. The van der Waals surface area contributed by atoms with E-state index in [0.717, 1.165) is 5.56 Å². The number of halogens is 1. The lowest BCUT2D eigenvalue weighted by Crippen LogP contribution is -2.39. The summed E-state index contributed by atoms with van der Waals surface area (Å²) in [5.41, 5.74) is 0.850. The van der Waals surface area contributed by atoms with Crippen molar-refractivity contribution in [3.05, 3.63) is 34.9 Å². The molecule has 0 aromatic heterocycles. The minimum Gasteiger partial charge on any atom is -0.480 e. The smallest absolute Gasteiger partial charge is 0.323 e. The number of carbonyl (C=O) groups is 2. The Kier molecular flexibility index (Phi) is 4.78. The molecule has 6 heteroatoms. The minimum atomic E-state index is -1.09. The van der Waals surface area contributed by atoms with Crippen LogP contribution in [0.15, 0.2) is 24.3 Å². The molecule has 0 saturated heterocycles. The van der Waals surface area contributed by atoms with E-state index in [9.17, 15) is 9.59 Å². The van der Waals surface area contributed by atoms with Gasteiger partial charge in [-0.1, -0.05) is 23.7 Å². The Morgan fingerprint density at radius 3 is 2.76 bits per heavy atom. The van der Waals surface area contributed by atoms with E-state index in [1.165, 1.54) is 0 Å². The molecule has 0 radical (unpaired) electrons. The van der Waals surface area contributed by atoms with Gasteiger partial charge in [0, 0.05) is 5.02 Å². The third kappa shape index (κ3) is 4.74. The fourth-order valence-electron chi connectivity index (χ4n) is 1.26. The zero-order valence-corrected chi connectivity index (χ0v) is 9.99. The van der Waals surface area contributed by atoms with E-state index in [4.69, 9.17) is 16.7 Å². The van der Waals surface area contributed by atoms with Gasteiger partial charge in [-0.3, -0.25) is 4.79 Å². The number of rotatable bonds is 4. The summed E-state index contributed by atoms with van der Waals surface area (Å²) in [6.07, 6.45) is 0. The molecule has 1 aromatic rings. The first kappa shape index (κ1) is 13.3. The van der Waals surface area contributed by atoms with E-state index in [2.05, 4.69) is 10.6 Å². The fourth-order valence-corrected chi connectivity index (χ4v) is 1.46. The van der Waals surface area contributed by atoms with Gasteiger partial charge in [0.25, 0.3) is 0 Å². The topological polar surface area (TPSA) is 78.4 Å². The molecule has 0 aliphatic rings. The van der Waals surface area contributed by atoms with E-state index < -0.39 is 18.5 Å². The standard InChI is InChI=1S/C11H13ClN2O3/c1-7(8-3-2-4-9(12)5-8)14-11(17)13-6-10(15)16/h2-5,7H,6H2,1H3,(H,15,16)(H2,13,14,17). The Hall–Kier alpha value is -1.75.